The number of rotatable bonds is 3. The molecule has 19 heavy (non-hydrogen) atoms. The summed E-state index contributed by atoms with van der Waals surface area (Å²) >= 11 is 2.12. The first-order valence-corrected chi connectivity index (χ1v) is 8.31. The number of aromatic amines is 1. The van der Waals surface area contributed by atoms with Crippen LogP contribution in [0.25, 0.3) is 10.9 Å². The third-order valence-electron chi connectivity index (χ3n) is 4.35. The molecule has 1 unspecified atom stereocenters. The molecule has 0 spiro atoms. The van der Waals surface area contributed by atoms with Crippen LogP contribution < -0.4 is 0 Å². The van der Waals surface area contributed by atoms with E-state index < -0.39 is 0 Å². The first-order chi connectivity index (χ1) is 9.42. The van der Waals surface area contributed by atoms with Gasteiger partial charge in [0.25, 0.3) is 0 Å². The summed E-state index contributed by atoms with van der Waals surface area (Å²) in [6.45, 7) is 2.25. The number of hydrogen-bond acceptors (Lipinski definition) is 3. The van der Waals surface area contributed by atoms with Crippen LogP contribution in [0.15, 0.2) is 24.3 Å². The molecule has 0 radical (unpaired) electrons. The van der Waals surface area contributed by atoms with Gasteiger partial charge in [-0.3, -0.25) is 10.00 Å². The number of para-hydroxylation sites is 1. The second-order valence-corrected chi connectivity index (χ2v) is 6.82. The Morgan fingerprint density at radius 2 is 2.21 bits per heavy atom. The van der Waals surface area contributed by atoms with Crippen molar-refractivity contribution >= 4 is 22.7 Å². The Morgan fingerprint density at radius 3 is 3.11 bits per heavy atom. The normalized spacial score (nSPS) is 24.9. The Hall–Kier alpha value is -1.00. The zero-order valence-corrected chi connectivity index (χ0v) is 11.8. The van der Waals surface area contributed by atoms with Crippen molar-refractivity contribution in [2.24, 2.45) is 5.92 Å². The summed E-state index contributed by atoms with van der Waals surface area (Å²) in [5.41, 5.74) is 2.38. The molecule has 1 atom stereocenters. The highest BCUT2D eigenvalue weighted by atomic mass is 32.2. The van der Waals surface area contributed by atoms with Crippen LogP contribution in [0.2, 0.25) is 0 Å². The number of hydrogen-bond donors (Lipinski definition) is 1. The Balaban J connectivity index is 1.59. The van der Waals surface area contributed by atoms with E-state index in [4.69, 9.17) is 0 Å². The van der Waals surface area contributed by atoms with E-state index in [1.807, 2.05) is 0 Å². The fourth-order valence-electron chi connectivity index (χ4n) is 3.11. The molecule has 4 rings (SSSR count). The van der Waals surface area contributed by atoms with Gasteiger partial charge in [0, 0.05) is 36.0 Å². The number of nitrogens with zero attached hydrogens (tertiary/aromatic N) is 2. The van der Waals surface area contributed by atoms with Gasteiger partial charge in [0.2, 0.25) is 0 Å². The first kappa shape index (κ1) is 11.8. The molecule has 0 bridgehead atoms. The lowest BCUT2D eigenvalue weighted by Crippen LogP contribution is -2.43. The molecule has 1 saturated heterocycles. The van der Waals surface area contributed by atoms with Crippen LogP contribution >= 0.6 is 11.8 Å². The van der Waals surface area contributed by atoms with Gasteiger partial charge in [-0.25, -0.2) is 0 Å². The zero-order chi connectivity index (χ0) is 12.7. The number of thioether (sulfide) groups is 1. The summed E-state index contributed by atoms with van der Waals surface area (Å²) in [6.07, 6.45) is 2.87. The molecule has 1 N–H and O–H groups in total. The van der Waals surface area contributed by atoms with Crippen molar-refractivity contribution in [2.45, 2.75) is 25.4 Å². The van der Waals surface area contributed by atoms with E-state index in [9.17, 15) is 0 Å². The van der Waals surface area contributed by atoms with Crippen LogP contribution in [0.4, 0.5) is 0 Å². The molecule has 2 aromatic rings. The minimum atomic E-state index is 0.792. The monoisotopic (exact) mass is 273 g/mol. The molecular weight excluding hydrogens is 254 g/mol. The Bertz CT molecular complexity index is 576. The Morgan fingerprint density at radius 1 is 1.32 bits per heavy atom. The molecule has 2 fully saturated rings. The van der Waals surface area contributed by atoms with Gasteiger partial charge in [0.1, 0.15) is 0 Å². The molecule has 1 aromatic carbocycles. The van der Waals surface area contributed by atoms with E-state index in [1.54, 1.807) is 0 Å². The zero-order valence-electron chi connectivity index (χ0n) is 11.0. The van der Waals surface area contributed by atoms with Crippen molar-refractivity contribution in [1.29, 1.82) is 0 Å². The van der Waals surface area contributed by atoms with Gasteiger partial charge >= 0.3 is 0 Å². The average molecular weight is 273 g/mol. The van der Waals surface area contributed by atoms with Crippen LogP contribution in [0.3, 0.4) is 0 Å². The minimum absolute atomic E-state index is 0.792. The number of aromatic nitrogens is 2. The highest BCUT2D eigenvalue weighted by Crippen LogP contribution is 2.39. The maximum absolute atomic E-state index is 4.41. The molecule has 4 heteroatoms. The number of H-pyrrole nitrogens is 1. The smallest absolute Gasteiger partial charge is 0.0924 e. The highest BCUT2D eigenvalue weighted by molar-refractivity contribution is 7.99. The molecule has 1 aromatic heterocycles. The van der Waals surface area contributed by atoms with E-state index >= 15 is 0 Å². The van der Waals surface area contributed by atoms with Crippen molar-refractivity contribution in [3.05, 3.63) is 30.0 Å². The third-order valence-corrected chi connectivity index (χ3v) is 5.40. The average Bonchev–Trinajstić information content (AvgIpc) is 3.22. The van der Waals surface area contributed by atoms with Crippen LogP contribution in [0.5, 0.6) is 0 Å². The van der Waals surface area contributed by atoms with Gasteiger partial charge in [-0.15, -0.1) is 0 Å². The molecule has 1 aliphatic heterocycles. The standard InChI is InChI=1S/C15H19N3S/c1-2-4-13-12(3-1)14(17-16-13)9-18-7-8-19-10-15(18)11-5-6-11/h1-4,11,15H,5-10H2,(H,16,17). The largest absolute Gasteiger partial charge is 0.293 e. The SMILES string of the molecule is c1ccc2c(CN3CCSCC3C3CC3)[nH]nc2c1. The topological polar surface area (TPSA) is 31.9 Å². The lowest BCUT2D eigenvalue weighted by Gasteiger charge is -2.35. The maximum Gasteiger partial charge on any atom is 0.0924 e. The lowest BCUT2D eigenvalue weighted by atomic mass is 10.1. The fraction of sp³-hybridized carbons (Fsp3) is 0.533. The summed E-state index contributed by atoms with van der Waals surface area (Å²) < 4.78 is 0. The molecule has 2 aliphatic rings. The van der Waals surface area contributed by atoms with Crippen LogP contribution in [0, 0.1) is 5.92 Å². The van der Waals surface area contributed by atoms with Crippen molar-refractivity contribution < 1.29 is 0 Å². The number of nitrogens with one attached hydrogen (secondary N) is 1. The summed E-state index contributed by atoms with van der Waals surface area (Å²) in [7, 11) is 0. The van der Waals surface area contributed by atoms with Crippen LogP contribution in [0.1, 0.15) is 18.5 Å². The molecular formula is C15H19N3S. The molecule has 1 saturated carbocycles. The van der Waals surface area contributed by atoms with Gasteiger partial charge in [-0.1, -0.05) is 18.2 Å². The summed E-state index contributed by atoms with van der Waals surface area (Å²) in [4.78, 5) is 2.67. The van der Waals surface area contributed by atoms with Gasteiger partial charge in [0.05, 0.1) is 11.2 Å². The second-order valence-electron chi connectivity index (χ2n) is 5.67. The summed E-state index contributed by atoms with van der Waals surface area (Å²) in [5.74, 6) is 3.55. The molecule has 3 nitrogen and oxygen atoms in total. The number of fused-ring (bicyclic) bond motifs is 1. The predicted octanol–water partition coefficient (Wildman–Crippen LogP) is 2.89. The Kier molecular flexibility index (Phi) is 3.00. The van der Waals surface area contributed by atoms with Gasteiger partial charge in [-0.2, -0.15) is 16.9 Å². The van der Waals surface area contributed by atoms with Crippen LogP contribution in [-0.4, -0.2) is 39.2 Å². The van der Waals surface area contributed by atoms with Gasteiger partial charge in [0.15, 0.2) is 0 Å². The summed E-state index contributed by atoms with van der Waals surface area (Å²) in [5, 5.41) is 8.94. The van der Waals surface area contributed by atoms with Crippen molar-refractivity contribution in [3.63, 3.8) is 0 Å². The van der Waals surface area contributed by atoms with E-state index in [1.165, 1.54) is 42.0 Å². The lowest BCUT2D eigenvalue weighted by molar-refractivity contribution is 0.188. The maximum atomic E-state index is 4.41. The molecule has 1 aliphatic carbocycles. The molecule has 0 amide bonds. The Labute approximate surface area is 117 Å². The van der Waals surface area contributed by atoms with Gasteiger partial charge < -0.3 is 0 Å². The second kappa shape index (κ2) is 4.84. The van der Waals surface area contributed by atoms with Crippen molar-refractivity contribution in [2.75, 3.05) is 18.1 Å². The first-order valence-electron chi connectivity index (χ1n) is 7.15. The van der Waals surface area contributed by atoms with Crippen molar-refractivity contribution in [1.82, 2.24) is 15.1 Å². The number of benzene rings is 1. The van der Waals surface area contributed by atoms with E-state index in [-0.39, 0.29) is 0 Å². The summed E-state index contributed by atoms with van der Waals surface area (Å²) in [6, 6.07) is 9.21. The quantitative estimate of drug-likeness (QED) is 0.933. The van der Waals surface area contributed by atoms with E-state index in [0.717, 1.165) is 24.0 Å². The highest BCUT2D eigenvalue weighted by Gasteiger charge is 2.36. The van der Waals surface area contributed by atoms with E-state index in [2.05, 4.69) is 51.1 Å². The van der Waals surface area contributed by atoms with Gasteiger partial charge in [-0.05, 0) is 24.8 Å². The predicted molar refractivity (Wildman–Crippen MR) is 80.3 cm³/mol. The minimum Gasteiger partial charge on any atom is -0.293 e. The van der Waals surface area contributed by atoms with Crippen molar-refractivity contribution in [3.8, 4) is 0 Å². The third kappa shape index (κ3) is 2.28. The van der Waals surface area contributed by atoms with E-state index in [0.29, 0.717) is 0 Å². The van der Waals surface area contributed by atoms with Crippen LogP contribution in [-0.2, 0) is 6.54 Å². The molecule has 100 valence electrons. The fourth-order valence-corrected chi connectivity index (χ4v) is 4.36. The molecule has 2 heterocycles.